The van der Waals surface area contributed by atoms with Crippen molar-refractivity contribution < 1.29 is 0 Å². The van der Waals surface area contributed by atoms with Gasteiger partial charge in [-0.3, -0.25) is 0 Å². The largest absolute Gasteiger partial charge is 0.310 e. The first-order valence-corrected chi connectivity index (χ1v) is 8.74. The molecule has 0 saturated heterocycles. The molecule has 0 aliphatic carbocycles. The minimum absolute atomic E-state index is 0.340. The van der Waals surface area contributed by atoms with Gasteiger partial charge in [0, 0.05) is 6.04 Å². The molecular formula is C20H35N. The fourth-order valence-electron chi connectivity index (χ4n) is 3.22. The van der Waals surface area contributed by atoms with Gasteiger partial charge in [0.1, 0.15) is 0 Å². The number of hydrogen-bond acceptors (Lipinski definition) is 1. The van der Waals surface area contributed by atoms with E-state index in [9.17, 15) is 0 Å². The van der Waals surface area contributed by atoms with Crippen LogP contribution in [0, 0.1) is 5.41 Å². The average molecular weight is 290 g/mol. The standard InChI is InChI=1S/C20H35N/c1-8-15-12-16(9-2)19(17(10-3)13-15)18(21-11-4)14-20(5,6)7/h12-13,18,21H,8-11,14H2,1-7H3. The van der Waals surface area contributed by atoms with E-state index in [-0.39, 0.29) is 0 Å². The van der Waals surface area contributed by atoms with Crippen molar-refractivity contribution in [3.8, 4) is 0 Å². The predicted molar refractivity (Wildman–Crippen MR) is 95.1 cm³/mol. The lowest BCUT2D eigenvalue weighted by molar-refractivity contribution is 0.312. The minimum atomic E-state index is 0.340. The Bertz CT molecular complexity index is 415. The molecule has 1 N–H and O–H groups in total. The van der Waals surface area contributed by atoms with Crippen molar-refractivity contribution in [2.75, 3.05) is 6.54 Å². The highest BCUT2D eigenvalue weighted by molar-refractivity contribution is 5.42. The maximum atomic E-state index is 3.74. The third-order valence-electron chi connectivity index (χ3n) is 4.20. The lowest BCUT2D eigenvalue weighted by Gasteiger charge is -2.30. The Balaban J connectivity index is 3.33. The zero-order valence-electron chi connectivity index (χ0n) is 15.3. The van der Waals surface area contributed by atoms with E-state index < -0.39 is 0 Å². The summed E-state index contributed by atoms with van der Waals surface area (Å²) in [6.45, 7) is 17.1. The summed E-state index contributed by atoms with van der Waals surface area (Å²) in [5, 5.41) is 3.74. The maximum Gasteiger partial charge on any atom is 0.0330 e. The molecule has 0 radical (unpaired) electrons. The molecule has 1 nitrogen and oxygen atoms in total. The number of nitrogens with one attached hydrogen (secondary N) is 1. The fourth-order valence-corrected chi connectivity index (χ4v) is 3.22. The Hall–Kier alpha value is -0.820. The lowest BCUT2D eigenvalue weighted by atomic mass is 9.81. The molecule has 0 aromatic heterocycles. The Labute approximate surface area is 132 Å². The third kappa shape index (κ3) is 5.14. The highest BCUT2D eigenvalue weighted by Gasteiger charge is 2.23. The van der Waals surface area contributed by atoms with E-state index in [1.54, 1.807) is 16.7 Å². The summed E-state index contributed by atoms with van der Waals surface area (Å²) < 4.78 is 0. The molecule has 1 rings (SSSR count). The second-order valence-corrected chi connectivity index (χ2v) is 7.26. The molecule has 1 aromatic rings. The minimum Gasteiger partial charge on any atom is -0.310 e. The second-order valence-electron chi connectivity index (χ2n) is 7.26. The number of rotatable bonds is 7. The van der Waals surface area contributed by atoms with E-state index in [4.69, 9.17) is 0 Å². The average Bonchev–Trinajstić information content (AvgIpc) is 2.43. The van der Waals surface area contributed by atoms with E-state index >= 15 is 0 Å². The van der Waals surface area contributed by atoms with Gasteiger partial charge >= 0.3 is 0 Å². The molecule has 0 spiro atoms. The summed E-state index contributed by atoms with van der Waals surface area (Å²) >= 11 is 0. The van der Waals surface area contributed by atoms with Crippen molar-refractivity contribution in [3.63, 3.8) is 0 Å². The molecule has 0 bridgehead atoms. The maximum absolute atomic E-state index is 3.74. The first kappa shape index (κ1) is 18.2. The first-order valence-electron chi connectivity index (χ1n) is 8.74. The van der Waals surface area contributed by atoms with Crippen molar-refractivity contribution in [3.05, 3.63) is 34.4 Å². The van der Waals surface area contributed by atoms with E-state index in [2.05, 4.69) is 65.9 Å². The molecule has 0 heterocycles. The van der Waals surface area contributed by atoms with Crippen molar-refractivity contribution in [2.24, 2.45) is 5.41 Å². The van der Waals surface area contributed by atoms with Crippen molar-refractivity contribution >= 4 is 0 Å². The Kier molecular flexibility index (Phi) is 6.93. The van der Waals surface area contributed by atoms with Gasteiger partial charge in [-0.1, -0.05) is 60.6 Å². The monoisotopic (exact) mass is 289 g/mol. The van der Waals surface area contributed by atoms with Crippen LogP contribution in [0.3, 0.4) is 0 Å². The van der Waals surface area contributed by atoms with Gasteiger partial charge in [0.2, 0.25) is 0 Å². The van der Waals surface area contributed by atoms with Gasteiger partial charge in [-0.15, -0.1) is 0 Å². The SMILES string of the molecule is CCNC(CC(C)(C)C)c1c(CC)cc(CC)cc1CC. The van der Waals surface area contributed by atoms with Crippen LogP contribution in [0.1, 0.15) is 83.2 Å². The van der Waals surface area contributed by atoms with E-state index in [0.29, 0.717) is 11.5 Å². The molecule has 1 aromatic carbocycles. The lowest BCUT2D eigenvalue weighted by Crippen LogP contribution is -2.27. The smallest absolute Gasteiger partial charge is 0.0330 e. The van der Waals surface area contributed by atoms with Gasteiger partial charge in [-0.05, 0) is 59.9 Å². The highest BCUT2D eigenvalue weighted by Crippen LogP contribution is 2.34. The van der Waals surface area contributed by atoms with Gasteiger partial charge < -0.3 is 5.32 Å². The van der Waals surface area contributed by atoms with Crippen LogP contribution in [-0.4, -0.2) is 6.54 Å². The van der Waals surface area contributed by atoms with Gasteiger partial charge in [0.25, 0.3) is 0 Å². The van der Waals surface area contributed by atoms with E-state index in [1.165, 1.54) is 12.0 Å². The Morgan fingerprint density at radius 1 is 0.905 bits per heavy atom. The van der Waals surface area contributed by atoms with Crippen LogP contribution in [0.4, 0.5) is 0 Å². The summed E-state index contributed by atoms with van der Waals surface area (Å²) in [5.41, 5.74) is 6.49. The van der Waals surface area contributed by atoms with Crippen LogP contribution < -0.4 is 5.32 Å². The van der Waals surface area contributed by atoms with Crippen LogP contribution in [0.15, 0.2) is 12.1 Å². The normalized spacial score (nSPS) is 13.5. The zero-order chi connectivity index (χ0) is 16.0. The van der Waals surface area contributed by atoms with Gasteiger partial charge in [0.05, 0.1) is 0 Å². The van der Waals surface area contributed by atoms with Crippen molar-refractivity contribution in [2.45, 2.75) is 80.2 Å². The fraction of sp³-hybridized carbons (Fsp3) is 0.700. The molecular weight excluding hydrogens is 254 g/mol. The molecule has 1 atom stereocenters. The molecule has 120 valence electrons. The van der Waals surface area contributed by atoms with E-state index in [1.807, 2.05) is 0 Å². The summed E-state index contributed by atoms with van der Waals surface area (Å²) in [6.07, 6.45) is 4.57. The van der Waals surface area contributed by atoms with E-state index in [0.717, 1.165) is 25.8 Å². The molecule has 1 unspecified atom stereocenters. The van der Waals surface area contributed by atoms with Crippen molar-refractivity contribution in [1.82, 2.24) is 5.32 Å². The summed E-state index contributed by atoms with van der Waals surface area (Å²) in [5.74, 6) is 0. The van der Waals surface area contributed by atoms with Gasteiger partial charge in [0.15, 0.2) is 0 Å². The summed E-state index contributed by atoms with van der Waals surface area (Å²) in [6, 6.07) is 5.34. The number of benzene rings is 1. The second kappa shape index (κ2) is 7.98. The topological polar surface area (TPSA) is 12.0 Å². The Morgan fingerprint density at radius 2 is 1.43 bits per heavy atom. The van der Waals surface area contributed by atoms with Crippen molar-refractivity contribution in [1.29, 1.82) is 0 Å². The van der Waals surface area contributed by atoms with Crippen LogP contribution in [0.2, 0.25) is 0 Å². The molecule has 1 heteroatoms. The molecule has 0 fully saturated rings. The molecule has 0 aliphatic rings. The molecule has 0 saturated carbocycles. The highest BCUT2D eigenvalue weighted by atomic mass is 14.9. The quantitative estimate of drug-likeness (QED) is 0.702. The van der Waals surface area contributed by atoms with Crippen LogP contribution in [0.25, 0.3) is 0 Å². The zero-order valence-corrected chi connectivity index (χ0v) is 15.3. The predicted octanol–water partition coefficient (Wildman–Crippen LogP) is 5.46. The molecule has 0 amide bonds. The molecule has 0 aliphatic heterocycles. The Morgan fingerprint density at radius 3 is 1.76 bits per heavy atom. The summed E-state index contributed by atoms with van der Waals surface area (Å²) in [7, 11) is 0. The summed E-state index contributed by atoms with van der Waals surface area (Å²) in [4.78, 5) is 0. The third-order valence-corrected chi connectivity index (χ3v) is 4.20. The number of aryl methyl sites for hydroxylation is 3. The van der Waals surface area contributed by atoms with Crippen LogP contribution in [0.5, 0.6) is 0 Å². The van der Waals surface area contributed by atoms with Gasteiger partial charge in [-0.25, -0.2) is 0 Å². The van der Waals surface area contributed by atoms with Crippen LogP contribution in [-0.2, 0) is 19.3 Å². The van der Waals surface area contributed by atoms with Gasteiger partial charge in [-0.2, -0.15) is 0 Å². The first-order chi connectivity index (χ1) is 9.86. The number of hydrogen-bond donors (Lipinski definition) is 1. The molecule has 21 heavy (non-hydrogen) atoms. The van der Waals surface area contributed by atoms with Crippen LogP contribution >= 0.6 is 0 Å².